The lowest BCUT2D eigenvalue weighted by atomic mass is 9.89. The molecule has 1 aliphatic heterocycles. The van der Waals surface area contributed by atoms with Crippen molar-refractivity contribution >= 4 is 11.7 Å². The molecule has 1 aliphatic rings. The number of hydrogen-bond donors (Lipinski definition) is 1. The van der Waals surface area contributed by atoms with Crippen LogP contribution >= 0.6 is 0 Å². The zero-order valence-corrected chi connectivity index (χ0v) is 11.9. The van der Waals surface area contributed by atoms with Gasteiger partial charge in [0.1, 0.15) is 5.75 Å². The molecule has 1 atom stereocenters. The Balaban J connectivity index is 2.00. The summed E-state index contributed by atoms with van der Waals surface area (Å²) in [5, 5.41) is 0. The Hall–Kier alpha value is -1.88. The van der Waals surface area contributed by atoms with Gasteiger partial charge >= 0.3 is 0 Å². The number of nitrogens with zero attached hydrogens (tertiary/aromatic N) is 1. The van der Waals surface area contributed by atoms with Gasteiger partial charge in [-0.3, -0.25) is 14.5 Å². The average molecular weight is 276 g/mol. The van der Waals surface area contributed by atoms with E-state index in [-0.39, 0.29) is 11.7 Å². The van der Waals surface area contributed by atoms with Crippen molar-refractivity contribution in [2.75, 3.05) is 26.7 Å². The first kappa shape index (κ1) is 14.5. The van der Waals surface area contributed by atoms with Gasteiger partial charge in [-0.05, 0) is 32.0 Å². The summed E-state index contributed by atoms with van der Waals surface area (Å²) < 4.78 is 5.11. The van der Waals surface area contributed by atoms with Gasteiger partial charge in [0, 0.05) is 12.1 Å². The van der Waals surface area contributed by atoms with Crippen LogP contribution < -0.4 is 10.5 Å². The lowest BCUT2D eigenvalue weighted by Crippen LogP contribution is -2.38. The first-order valence-corrected chi connectivity index (χ1v) is 6.64. The predicted octanol–water partition coefficient (Wildman–Crippen LogP) is 1.08. The lowest BCUT2D eigenvalue weighted by Gasteiger charge is -2.20. The fourth-order valence-corrected chi connectivity index (χ4v) is 2.48. The van der Waals surface area contributed by atoms with Crippen molar-refractivity contribution in [3.8, 4) is 5.75 Å². The molecule has 5 heteroatoms. The summed E-state index contributed by atoms with van der Waals surface area (Å²) in [6.07, 6.45) is 0.702. The van der Waals surface area contributed by atoms with Crippen LogP contribution in [0.1, 0.15) is 23.7 Å². The minimum absolute atomic E-state index is 0.0256. The fourth-order valence-electron chi connectivity index (χ4n) is 2.48. The van der Waals surface area contributed by atoms with Crippen LogP contribution in [-0.2, 0) is 4.79 Å². The molecule has 0 radical (unpaired) electrons. The van der Waals surface area contributed by atoms with Crippen LogP contribution in [0.15, 0.2) is 24.3 Å². The summed E-state index contributed by atoms with van der Waals surface area (Å²) in [7, 11) is 1.57. The van der Waals surface area contributed by atoms with Gasteiger partial charge in [-0.2, -0.15) is 0 Å². The number of hydrogen-bond acceptors (Lipinski definition) is 4. The summed E-state index contributed by atoms with van der Waals surface area (Å²) in [6, 6.07) is 7.10. The number of likely N-dealkylation sites (tertiary alicyclic amines) is 1. The molecule has 20 heavy (non-hydrogen) atoms. The number of amides is 1. The number of carbonyl (C=O) groups is 2. The normalized spacial score (nSPS) is 22.7. The second kappa shape index (κ2) is 5.63. The van der Waals surface area contributed by atoms with Gasteiger partial charge in [-0.25, -0.2) is 0 Å². The number of Topliss-reactive ketones (excluding diaryl/α,β-unsaturated/α-hetero) is 1. The van der Waals surface area contributed by atoms with Gasteiger partial charge in [-0.1, -0.05) is 12.1 Å². The Morgan fingerprint density at radius 3 is 2.80 bits per heavy atom. The summed E-state index contributed by atoms with van der Waals surface area (Å²) in [5.74, 6) is 0.394. The first-order chi connectivity index (χ1) is 9.44. The molecular formula is C15H20N2O3. The van der Waals surface area contributed by atoms with Crippen molar-refractivity contribution in [1.82, 2.24) is 4.90 Å². The van der Waals surface area contributed by atoms with E-state index in [0.717, 1.165) is 6.54 Å². The van der Waals surface area contributed by atoms with E-state index in [4.69, 9.17) is 10.5 Å². The quantitative estimate of drug-likeness (QED) is 0.817. The van der Waals surface area contributed by atoms with Crippen molar-refractivity contribution in [1.29, 1.82) is 0 Å². The summed E-state index contributed by atoms with van der Waals surface area (Å²) in [5.41, 5.74) is 5.51. The number of benzene rings is 1. The highest BCUT2D eigenvalue weighted by Crippen LogP contribution is 2.29. The Labute approximate surface area is 118 Å². The molecule has 1 heterocycles. The molecular weight excluding hydrogens is 256 g/mol. The van der Waals surface area contributed by atoms with Crippen molar-refractivity contribution in [2.24, 2.45) is 11.1 Å². The summed E-state index contributed by atoms with van der Waals surface area (Å²) >= 11 is 0. The largest absolute Gasteiger partial charge is 0.497 e. The second-order valence-electron chi connectivity index (χ2n) is 5.54. The highest BCUT2D eigenvalue weighted by molar-refractivity contribution is 5.98. The van der Waals surface area contributed by atoms with Gasteiger partial charge in [0.15, 0.2) is 5.78 Å². The molecule has 108 valence electrons. The molecule has 0 aromatic heterocycles. The maximum atomic E-state index is 12.2. The summed E-state index contributed by atoms with van der Waals surface area (Å²) in [4.78, 5) is 25.6. The minimum Gasteiger partial charge on any atom is -0.497 e. The zero-order valence-electron chi connectivity index (χ0n) is 11.9. The van der Waals surface area contributed by atoms with E-state index in [9.17, 15) is 9.59 Å². The molecule has 0 spiro atoms. The predicted molar refractivity (Wildman–Crippen MR) is 75.7 cm³/mol. The highest BCUT2D eigenvalue weighted by Gasteiger charge is 2.39. The molecule has 1 saturated heterocycles. The van der Waals surface area contributed by atoms with E-state index in [2.05, 4.69) is 0 Å². The standard InChI is InChI=1S/C15H20N2O3/c1-15(14(16)19)6-7-17(10-15)9-13(18)11-4-3-5-12(8-11)20-2/h3-5,8H,6-7,9-10H2,1-2H3,(H2,16,19). The van der Waals surface area contributed by atoms with Crippen LogP contribution in [-0.4, -0.2) is 43.3 Å². The minimum atomic E-state index is -0.519. The number of primary amides is 1. The van der Waals surface area contributed by atoms with Gasteiger partial charge in [0.25, 0.3) is 0 Å². The smallest absolute Gasteiger partial charge is 0.224 e. The van der Waals surface area contributed by atoms with Gasteiger partial charge < -0.3 is 10.5 Å². The molecule has 1 unspecified atom stereocenters. The Kier molecular flexibility index (Phi) is 4.09. The molecule has 1 aromatic carbocycles. The molecule has 0 saturated carbocycles. The second-order valence-corrected chi connectivity index (χ2v) is 5.54. The van der Waals surface area contributed by atoms with E-state index < -0.39 is 5.41 Å². The van der Waals surface area contributed by atoms with Crippen LogP contribution in [0, 0.1) is 5.41 Å². The molecule has 0 bridgehead atoms. The number of carbonyl (C=O) groups excluding carboxylic acids is 2. The number of nitrogens with two attached hydrogens (primary N) is 1. The Morgan fingerprint density at radius 1 is 1.45 bits per heavy atom. The van der Waals surface area contributed by atoms with Gasteiger partial charge in [0.2, 0.25) is 5.91 Å². The topological polar surface area (TPSA) is 72.6 Å². The average Bonchev–Trinajstić information content (AvgIpc) is 2.81. The fraction of sp³-hybridized carbons (Fsp3) is 0.467. The van der Waals surface area contributed by atoms with E-state index >= 15 is 0 Å². The van der Waals surface area contributed by atoms with Crippen molar-refractivity contribution < 1.29 is 14.3 Å². The van der Waals surface area contributed by atoms with Gasteiger partial charge in [0.05, 0.1) is 19.1 Å². The monoisotopic (exact) mass is 276 g/mol. The number of methoxy groups -OCH3 is 1. The number of ketones is 1. The Bertz CT molecular complexity index is 530. The molecule has 1 amide bonds. The zero-order chi connectivity index (χ0) is 14.8. The molecule has 0 aliphatic carbocycles. The molecule has 5 nitrogen and oxygen atoms in total. The highest BCUT2D eigenvalue weighted by atomic mass is 16.5. The number of ether oxygens (including phenoxy) is 1. The van der Waals surface area contributed by atoms with Crippen LogP contribution in [0.3, 0.4) is 0 Å². The third kappa shape index (κ3) is 2.99. The van der Waals surface area contributed by atoms with E-state index in [1.165, 1.54) is 0 Å². The molecule has 1 fully saturated rings. The molecule has 2 rings (SSSR count). The van der Waals surface area contributed by atoms with Crippen molar-refractivity contribution in [3.63, 3.8) is 0 Å². The summed E-state index contributed by atoms with van der Waals surface area (Å²) in [6.45, 7) is 3.41. The van der Waals surface area contributed by atoms with Crippen molar-refractivity contribution in [2.45, 2.75) is 13.3 Å². The van der Waals surface area contributed by atoms with Crippen molar-refractivity contribution in [3.05, 3.63) is 29.8 Å². The maximum absolute atomic E-state index is 12.2. The molecule has 2 N–H and O–H groups in total. The lowest BCUT2D eigenvalue weighted by molar-refractivity contribution is -0.126. The third-order valence-electron chi connectivity index (χ3n) is 3.91. The van der Waals surface area contributed by atoms with E-state index in [1.807, 2.05) is 11.8 Å². The van der Waals surface area contributed by atoms with Crippen LogP contribution in [0.4, 0.5) is 0 Å². The molecule has 1 aromatic rings. The third-order valence-corrected chi connectivity index (χ3v) is 3.91. The van der Waals surface area contributed by atoms with Crippen LogP contribution in [0.5, 0.6) is 5.75 Å². The van der Waals surface area contributed by atoms with Crippen LogP contribution in [0.25, 0.3) is 0 Å². The first-order valence-electron chi connectivity index (χ1n) is 6.64. The number of rotatable bonds is 5. The van der Waals surface area contributed by atoms with Crippen LogP contribution in [0.2, 0.25) is 0 Å². The van der Waals surface area contributed by atoms with E-state index in [1.54, 1.807) is 31.4 Å². The van der Waals surface area contributed by atoms with E-state index in [0.29, 0.717) is 30.8 Å². The maximum Gasteiger partial charge on any atom is 0.224 e. The SMILES string of the molecule is COc1cccc(C(=O)CN2CCC(C)(C(N)=O)C2)c1. The Morgan fingerprint density at radius 2 is 2.20 bits per heavy atom. The van der Waals surface area contributed by atoms with Gasteiger partial charge in [-0.15, -0.1) is 0 Å².